The molecule has 0 unspecified atom stereocenters. The Morgan fingerprint density at radius 3 is 2.93 bits per heavy atom. The fourth-order valence-corrected chi connectivity index (χ4v) is 1.38. The molecule has 0 amide bonds. The number of hydrogen-bond acceptors (Lipinski definition) is 3. The second-order valence-corrected chi connectivity index (χ2v) is 2.90. The maximum Gasteiger partial charge on any atom is 0.143 e. The van der Waals surface area contributed by atoms with E-state index in [1.807, 2.05) is 13.0 Å². The summed E-state index contributed by atoms with van der Waals surface area (Å²) in [4.78, 5) is 4.12. The van der Waals surface area contributed by atoms with Crippen molar-refractivity contribution in [2.45, 2.75) is 13.5 Å². The van der Waals surface area contributed by atoms with Gasteiger partial charge in [-0.05, 0) is 25.1 Å². The van der Waals surface area contributed by atoms with Crippen LogP contribution in [-0.4, -0.2) is 19.9 Å². The molecule has 2 aromatic rings. The molecule has 2 rings (SSSR count). The summed E-state index contributed by atoms with van der Waals surface area (Å²) in [6.07, 6.45) is 3.36. The highest BCUT2D eigenvalue weighted by Gasteiger charge is 2.09. The number of nitrogens with zero attached hydrogens (tertiary/aromatic N) is 3. The van der Waals surface area contributed by atoms with E-state index in [1.165, 1.54) is 0 Å². The summed E-state index contributed by atoms with van der Waals surface area (Å²) < 4.78 is 1.79. The van der Waals surface area contributed by atoms with Gasteiger partial charge in [0.2, 0.25) is 0 Å². The maximum absolute atomic E-state index is 9.60. The van der Waals surface area contributed by atoms with Gasteiger partial charge in [0.1, 0.15) is 11.4 Å². The van der Waals surface area contributed by atoms with Crippen LogP contribution in [0.5, 0.6) is 5.75 Å². The third-order valence-electron chi connectivity index (χ3n) is 2.05. The van der Waals surface area contributed by atoms with Gasteiger partial charge in [-0.2, -0.15) is 5.10 Å². The zero-order chi connectivity index (χ0) is 9.97. The lowest BCUT2D eigenvalue weighted by Gasteiger charge is -2.04. The van der Waals surface area contributed by atoms with Crippen molar-refractivity contribution in [1.29, 1.82) is 0 Å². The number of rotatable bonds is 2. The fraction of sp³-hybridized carbons (Fsp3) is 0.200. The highest BCUT2D eigenvalue weighted by atomic mass is 16.3. The predicted octanol–water partition coefficient (Wildman–Crippen LogP) is 1.67. The molecule has 4 nitrogen and oxygen atoms in total. The minimum atomic E-state index is 0.183. The molecule has 0 aliphatic heterocycles. The van der Waals surface area contributed by atoms with E-state index in [1.54, 1.807) is 29.2 Å². The zero-order valence-electron chi connectivity index (χ0n) is 7.88. The normalized spacial score (nSPS) is 10.4. The summed E-state index contributed by atoms with van der Waals surface area (Å²) in [5, 5.41) is 13.7. The van der Waals surface area contributed by atoms with E-state index in [4.69, 9.17) is 0 Å². The van der Waals surface area contributed by atoms with Crippen LogP contribution in [0.3, 0.4) is 0 Å². The number of aryl methyl sites for hydroxylation is 1. The van der Waals surface area contributed by atoms with Crippen LogP contribution >= 0.6 is 0 Å². The van der Waals surface area contributed by atoms with Crippen molar-refractivity contribution in [2.24, 2.45) is 0 Å². The number of pyridine rings is 1. The molecule has 72 valence electrons. The molecule has 4 heteroatoms. The van der Waals surface area contributed by atoms with Gasteiger partial charge in [-0.25, -0.2) is 0 Å². The van der Waals surface area contributed by atoms with Crippen LogP contribution in [-0.2, 0) is 6.54 Å². The fourth-order valence-electron chi connectivity index (χ4n) is 1.38. The Bertz CT molecular complexity index is 436. The van der Waals surface area contributed by atoms with Gasteiger partial charge in [0.05, 0.1) is 5.69 Å². The molecule has 0 saturated heterocycles. The van der Waals surface area contributed by atoms with Crippen molar-refractivity contribution < 1.29 is 5.11 Å². The van der Waals surface area contributed by atoms with Crippen molar-refractivity contribution in [3.05, 3.63) is 30.6 Å². The van der Waals surface area contributed by atoms with Crippen molar-refractivity contribution in [2.75, 3.05) is 0 Å². The van der Waals surface area contributed by atoms with Crippen LogP contribution < -0.4 is 0 Å². The van der Waals surface area contributed by atoms with Crippen molar-refractivity contribution >= 4 is 0 Å². The van der Waals surface area contributed by atoms with Gasteiger partial charge < -0.3 is 5.11 Å². The van der Waals surface area contributed by atoms with E-state index in [0.717, 1.165) is 12.2 Å². The van der Waals surface area contributed by atoms with Gasteiger partial charge in [-0.15, -0.1) is 0 Å². The molecule has 2 aromatic heterocycles. The van der Waals surface area contributed by atoms with Crippen LogP contribution in [0.1, 0.15) is 6.92 Å². The van der Waals surface area contributed by atoms with Crippen molar-refractivity contribution in [3.63, 3.8) is 0 Å². The van der Waals surface area contributed by atoms with E-state index in [0.29, 0.717) is 5.69 Å². The SMILES string of the molecule is CCn1nccc1-c1ncccc1O. The average molecular weight is 189 g/mol. The second-order valence-electron chi connectivity index (χ2n) is 2.90. The molecule has 0 aliphatic carbocycles. The lowest BCUT2D eigenvalue weighted by molar-refractivity contribution is 0.474. The Hall–Kier alpha value is -1.84. The van der Waals surface area contributed by atoms with Gasteiger partial charge in [0.15, 0.2) is 0 Å². The largest absolute Gasteiger partial charge is 0.506 e. The van der Waals surface area contributed by atoms with Crippen molar-refractivity contribution in [1.82, 2.24) is 14.8 Å². The molecule has 0 spiro atoms. The first-order chi connectivity index (χ1) is 6.83. The number of aromatic nitrogens is 3. The van der Waals surface area contributed by atoms with Gasteiger partial charge in [0, 0.05) is 18.9 Å². The lowest BCUT2D eigenvalue weighted by atomic mass is 10.2. The van der Waals surface area contributed by atoms with E-state index >= 15 is 0 Å². The first-order valence-corrected chi connectivity index (χ1v) is 4.49. The summed E-state index contributed by atoms with van der Waals surface area (Å²) in [5.74, 6) is 0.183. The molecule has 2 heterocycles. The van der Waals surface area contributed by atoms with Gasteiger partial charge >= 0.3 is 0 Å². The lowest BCUT2D eigenvalue weighted by Crippen LogP contribution is -1.99. The van der Waals surface area contributed by atoms with Crippen LogP contribution in [0.15, 0.2) is 30.6 Å². The highest BCUT2D eigenvalue weighted by Crippen LogP contribution is 2.25. The Balaban J connectivity index is 2.54. The summed E-state index contributed by atoms with van der Waals surface area (Å²) >= 11 is 0. The van der Waals surface area contributed by atoms with Crippen LogP contribution in [0.4, 0.5) is 0 Å². The summed E-state index contributed by atoms with van der Waals surface area (Å²) in [7, 11) is 0. The number of aromatic hydroxyl groups is 1. The summed E-state index contributed by atoms with van der Waals surface area (Å²) in [5.41, 5.74) is 1.41. The molecule has 0 aromatic carbocycles. The summed E-state index contributed by atoms with van der Waals surface area (Å²) in [6.45, 7) is 2.76. The van der Waals surface area contributed by atoms with E-state index in [-0.39, 0.29) is 5.75 Å². The minimum absolute atomic E-state index is 0.183. The van der Waals surface area contributed by atoms with Crippen LogP contribution in [0, 0.1) is 0 Å². The molecule has 0 radical (unpaired) electrons. The Morgan fingerprint density at radius 1 is 1.36 bits per heavy atom. The Labute approximate surface area is 81.8 Å². The van der Waals surface area contributed by atoms with Crippen molar-refractivity contribution in [3.8, 4) is 17.1 Å². The predicted molar refractivity (Wildman–Crippen MR) is 52.8 cm³/mol. The molecular formula is C10H11N3O. The maximum atomic E-state index is 9.60. The molecule has 0 bridgehead atoms. The second kappa shape index (κ2) is 3.49. The molecule has 0 saturated carbocycles. The van der Waals surface area contributed by atoms with E-state index in [9.17, 15) is 5.11 Å². The first-order valence-electron chi connectivity index (χ1n) is 4.49. The van der Waals surface area contributed by atoms with Crippen LogP contribution in [0.25, 0.3) is 11.4 Å². The topological polar surface area (TPSA) is 50.9 Å². The monoisotopic (exact) mass is 189 g/mol. The van der Waals surface area contributed by atoms with E-state index < -0.39 is 0 Å². The van der Waals surface area contributed by atoms with Gasteiger partial charge in [-0.1, -0.05) is 0 Å². The molecule has 14 heavy (non-hydrogen) atoms. The molecule has 0 atom stereocenters. The standard InChI is InChI=1S/C10H11N3O/c1-2-13-8(5-7-12-13)10-9(14)4-3-6-11-10/h3-7,14H,2H2,1H3. The average Bonchev–Trinajstić information content (AvgIpc) is 2.66. The molecule has 1 N–H and O–H groups in total. The summed E-state index contributed by atoms with van der Waals surface area (Å²) in [6, 6.07) is 5.16. The molecule has 0 aliphatic rings. The molecular weight excluding hydrogens is 178 g/mol. The molecule has 0 fully saturated rings. The third kappa shape index (κ3) is 1.35. The van der Waals surface area contributed by atoms with Crippen LogP contribution in [0.2, 0.25) is 0 Å². The highest BCUT2D eigenvalue weighted by molar-refractivity contribution is 5.61. The smallest absolute Gasteiger partial charge is 0.143 e. The van der Waals surface area contributed by atoms with Gasteiger partial charge in [0.25, 0.3) is 0 Å². The number of hydrogen-bond donors (Lipinski definition) is 1. The Morgan fingerprint density at radius 2 is 2.21 bits per heavy atom. The first kappa shape index (κ1) is 8.74. The zero-order valence-corrected chi connectivity index (χ0v) is 7.88. The van der Waals surface area contributed by atoms with E-state index in [2.05, 4.69) is 10.1 Å². The van der Waals surface area contributed by atoms with Gasteiger partial charge in [-0.3, -0.25) is 9.67 Å². The third-order valence-corrected chi connectivity index (χ3v) is 2.05. The minimum Gasteiger partial charge on any atom is -0.506 e. The quantitative estimate of drug-likeness (QED) is 0.781. The Kier molecular flexibility index (Phi) is 2.18.